The molecule has 0 amide bonds. The van der Waals surface area contributed by atoms with Gasteiger partial charge in [-0.2, -0.15) is 0 Å². The lowest BCUT2D eigenvalue weighted by atomic mass is 9.75. The van der Waals surface area contributed by atoms with Gasteiger partial charge >= 0.3 is 0 Å². The highest BCUT2D eigenvalue weighted by atomic mass is 14.6. The van der Waals surface area contributed by atoms with Gasteiger partial charge in [0.1, 0.15) is 0 Å². The molecule has 0 saturated carbocycles. The molecular weight excluding hydrogens is 206 g/mol. The van der Waals surface area contributed by atoms with Crippen molar-refractivity contribution in [3.8, 4) is 0 Å². The van der Waals surface area contributed by atoms with Crippen molar-refractivity contribution in [3.63, 3.8) is 0 Å². The van der Waals surface area contributed by atoms with E-state index < -0.39 is 0 Å². The van der Waals surface area contributed by atoms with Crippen molar-refractivity contribution in [2.24, 2.45) is 17.1 Å². The molecule has 0 fully saturated rings. The summed E-state index contributed by atoms with van der Waals surface area (Å²) in [6, 6.07) is 0. The number of unbranched alkanes of at least 4 members (excludes halogenated alkanes) is 7. The van der Waals surface area contributed by atoms with E-state index in [9.17, 15) is 0 Å². The van der Waals surface area contributed by atoms with E-state index in [0.717, 1.165) is 6.54 Å². The van der Waals surface area contributed by atoms with Crippen LogP contribution in [0.1, 0.15) is 85.5 Å². The molecule has 0 bridgehead atoms. The van der Waals surface area contributed by atoms with Gasteiger partial charge in [0.2, 0.25) is 0 Å². The summed E-state index contributed by atoms with van der Waals surface area (Å²) in [6.45, 7) is 10.1. The van der Waals surface area contributed by atoms with Gasteiger partial charge in [-0.1, -0.05) is 79.1 Å². The molecule has 1 heteroatoms. The first-order chi connectivity index (χ1) is 8.06. The van der Waals surface area contributed by atoms with Crippen LogP contribution in [0.15, 0.2) is 0 Å². The second kappa shape index (κ2) is 9.94. The third kappa shape index (κ3) is 7.81. The molecule has 0 rings (SSSR count). The summed E-state index contributed by atoms with van der Waals surface area (Å²) < 4.78 is 0. The molecule has 0 spiro atoms. The molecule has 104 valence electrons. The molecule has 1 nitrogen and oxygen atoms in total. The molecule has 17 heavy (non-hydrogen) atoms. The van der Waals surface area contributed by atoms with Crippen LogP contribution in [0, 0.1) is 11.3 Å². The van der Waals surface area contributed by atoms with Gasteiger partial charge in [-0.3, -0.25) is 0 Å². The predicted molar refractivity (Wildman–Crippen MR) is 79.2 cm³/mol. The molecule has 0 heterocycles. The van der Waals surface area contributed by atoms with Gasteiger partial charge in [0, 0.05) is 0 Å². The van der Waals surface area contributed by atoms with Crippen LogP contribution < -0.4 is 5.73 Å². The van der Waals surface area contributed by atoms with Gasteiger partial charge in [-0.15, -0.1) is 0 Å². The summed E-state index contributed by atoms with van der Waals surface area (Å²) in [5, 5.41) is 0. The minimum atomic E-state index is 0.363. The van der Waals surface area contributed by atoms with E-state index in [0.29, 0.717) is 11.3 Å². The third-order valence-corrected chi connectivity index (χ3v) is 4.46. The fourth-order valence-electron chi connectivity index (χ4n) is 2.29. The molecule has 1 atom stereocenters. The third-order valence-electron chi connectivity index (χ3n) is 4.46. The topological polar surface area (TPSA) is 26.0 Å². The minimum Gasteiger partial charge on any atom is -0.330 e. The monoisotopic (exact) mass is 241 g/mol. The van der Waals surface area contributed by atoms with E-state index in [1.807, 2.05) is 0 Å². The lowest BCUT2D eigenvalue weighted by molar-refractivity contribution is 0.202. The largest absolute Gasteiger partial charge is 0.330 e. The number of hydrogen-bond donors (Lipinski definition) is 1. The molecule has 0 aromatic heterocycles. The molecule has 2 N–H and O–H groups in total. The van der Waals surface area contributed by atoms with Crippen molar-refractivity contribution in [2.45, 2.75) is 85.5 Å². The SMILES string of the molecule is CCCCCCCCCCC(C)(CN)C(C)C. The second-order valence-electron chi connectivity index (χ2n) is 6.24. The van der Waals surface area contributed by atoms with Crippen LogP contribution in [0.2, 0.25) is 0 Å². The van der Waals surface area contributed by atoms with Gasteiger partial charge in [-0.25, -0.2) is 0 Å². The summed E-state index contributed by atoms with van der Waals surface area (Å²) in [5.74, 6) is 0.706. The van der Waals surface area contributed by atoms with Crippen LogP contribution >= 0.6 is 0 Å². The van der Waals surface area contributed by atoms with Crippen molar-refractivity contribution in [3.05, 3.63) is 0 Å². The zero-order valence-corrected chi connectivity index (χ0v) is 12.7. The Labute approximate surface area is 110 Å². The fraction of sp³-hybridized carbons (Fsp3) is 1.00. The van der Waals surface area contributed by atoms with Gasteiger partial charge in [0.05, 0.1) is 0 Å². The number of nitrogens with two attached hydrogens (primary N) is 1. The Morgan fingerprint density at radius 2 is 1.35 bits per heavy atom. The maximum Gasteiger partial charge on any atom is -0.00207 e. The lowest BCUT2D eigenvalue weighted by Crippen LogP contribution is -2.32. The average molecular weight is 241 g/mol. The van der Waals surface area contributed by atoms with Crippen LogP contribution in [0.5, 0.6) is 0 Å². The van der Waals surface area contributed by atoms with Crippen LogP contribution in [0.4, 0.5) is 0 Å². The van der Waals surface area contributed by atoms with Gasteiger partial charge in [0.15, 0.2) is 0 Å². The van der Waals surface area contributed by atoms with Gasteiger partial charge in [-0.05, 0) is 24.3 Å². The highest BCUT2D eigenvalue weighted by Gasteiger charge is 2.25. The van der Waals surface area contributed by atoms with E-state index in [-0.39, 0.29) is 0 Å². The Hall–Kier alpha value is -0.0400. The second-order valence-corrected chi connectivity index (χ2v) is 6.24. The minimum absolute atomic E-state index is 0.363. The van der Waals surface area contributed by atoms with E-state index >= 15 is 0 Å². The highest BCUT2D eigenvalue weighted by molar-refractivity contribution is 4.78. The van der Waals surface area contributed by atoms with Crippen LogP contribution in [-0.4, -0.2) is 6.54 Å². The molecule has 0 aliphatic carbocycles. The Balaban J connectivity index is 3.44. The molecule has 0 aromatic rings. The average Bonchev–Trinajstić information content (AvgIpc) is 2.32. The zero-order chi connectivity index (χ0) is 13.1. The maximum atomic E-state index is 5.90. The Kier molecular flexibility index (Phi) is 9.91. The molecule has 0 aromatic carbocycles. The predicted octanol–water partition coefficient (Wildman–Crippen LogP) is 5.14. The lowest BCUT2D eigenvalue weighted by Gasteiger charge is -2.32. The summed E-state index contributed by atoms with van der Waals surface area (Å²) in [4.78, 5) is 0. The van der Waals surface area contributed by atoms with Crippen molar-refractivity contribution in [2.75, 3.05) is 6.54 Å². The van der Waals surface area contributed by atoms with Crippen LogP contribution in [0.3, 0.4) is 0 Å². The summed E-state index contributed by atoms with van der Waals surface area (Å²) in [7, 11) is 0. The van der Waals surface area contributed by atoms with E-state index in [4.69, 9.17) is 5.73 Å². The first kappa shape index (κ1) is 17.0. The maximum absolute atomic E-state index is 5.90. The standard InChI is InChI=1S/C16H35N/c1-5-6-7-8-9-10-11-12-13-16(4,14-17)15(2)3/h15H,5-14,17H2,1-4H3. The van der Waals surface area contributed by atoms with E-state index in [1.54, 1.807) is 0 Å². The fourth-order valence-corrected chi connectivity index (χ4v) is 2.29. The molecule has 0 aliphatic rings. The summed E-state index contributed by atoms with van der Waals surface area (Å²) >= 11 is 0. The first-order valence-electron chi connectivity index (χ1n) is 7.77. The normalized spacial score (nSPS) is 15.2. The smallest absolute Gasteiger partial charge is 0.00207 e. The number of rotatable bonds is 11. The molecule has 1 unspecified atom stereocenters. The van der Waals surface area contributed by atoms with Crippen molar-refractivity contribution < 1.29 is 0 Å². The molecule has 0 saturated heterocycles. The van der Waals surface area contributed by atoms with Crippen LogP contribution in [-0.2, 0) is 0 Å². The van der Waals surface area contributed by atoms with E-state index in [2.05, 4.69) is 27.7 Å². The van der Waals surface area contributed by atoms with Crippen LogP contribution in [0.25, 0.3) is 0 Å². The molecular formula is C16H35N. The van der Waals surface area contributed by atoms with Gasteiger partial charge < -0.3 is 5.73 Å². The van der Waals surface area contributed by atoms with Crippen molar-refractivity contribution >= 4 is 0 Å². The first-order valence-corrected chi connectivity index (χ1v) is 7.77. The molecule has 0 aliphatic heterocycles. The quantitative estimate of drug-likeness (QED) is 0.498. The Morgan fingerprint density at radius 3 is 1.76 bits per heavy atom. The Morgan fingerprint density at radius 1 is 0.882 bits per heavy atom. The van der Waals surface area contributed by atoms with Crippen molar-refractivity contribution in [1.82, 2.24) is 0 Å². The summed E-state index contributed by atoms with van der Waals surface area (Å²) in [6.07, 6.45) is 12.5. The molecule has 0 radical (unpaired) electrons. The van der Waals surface area contributed by atoms with Gasteiger partial charge in [0.25, 0.3) is 0 Å². The highest BCUT2D eigenvalue weighted by Crippen LogP contribution is 2.31. The van der Waals surface area contributed by atoms with Crippen molar-refractivity contribution in [1.29, 1.82) is 0 Å². The zero-order valence-electron chi connectivity index (χ0n) is 12.7. The number of hydrogen-bond acceptors (Lipinski definition) is 1. The Bertz CT molecular complexity index is 165. The summed E-state index contributed by atoms with van der Waals surface area (Å²) in [5.41, 5.74) is 6.27. The van der Waals surface area contributed by atoms with E-state index in [1.165, 1.54) is 57.8 Å².